The molecule has 2 N–H and O–H groups in total. The molecule has 2 rings (SSSR count). The summed E-state index contributed by atoms with van der Waals surface area (Å²) >= 11 is 0. The predicted molar refractivity (Wildman–Crippen MR) is 66.3 cm³/mol. The normalized spacial score (nSPS) is 11.8. The minimum absolute atomic E-state index is 0.104. The maximum atomic E-state index is 5.60. The first-order valence-corrected chi connectivity index (χ1v) is 5.64. The third kappa shape index (κ3) is 2.53. The molecule has 2 aromatic rings. The van der Waals surface area contributed by atoms with Crippen molar-refractivity contribution < 1.29 is 4.52 Å². The second-order valence-electron chi connectivity index (χ2n) is 5.08. The third-order valence-corrected chi connectivity index (χ3v) is 2.51. The number of benzene rings is 1. The molecule has 0 fully saturated rings. The Bertz CT molecular complexity index is 511. The van der Waals surface area contributed by atoms with Crippen LogP contribution in [0.25, 0.3) is 11.5 Å². The van der Waals surface area contributed by atoms with E-state index in [1.807, 2.05) is 24.3 Å². The van der Waals surface area contributed by atoms with Gasteiger partial charge in [-0.25, -0.2) is 0 Å². The lowest BCUT2D eigenvalue weighted by Gasteiger charge is -2.10. The molecule has 4 nitrogen and oxygen atoms in total. The van der Waals surface area contributed by atoms with E-state index in [4.69, 9.17) is 10.3 Å². The molecule has 0 spiro atoms. The molecule has 4 heteroatoms. The Labute approximate surface area is 101 Å². The Balaban J connectivity index is 2.37. The van der Waals surface area contributed by atoms with Crippen LogP contribution in [-0.2, 0) is 12.0 Å². The van der Waals surface area contributed by atoms with Crippen molar-refractivity contribution in [1.82, 2.24) is 10.1 Å². The van der Waals surface area contributed by atoms with Gasteiger partial charge in [0.25, 0.3) is 5.89 Å². The molecule has 0 aliphatic heterocycles. The van der Waals surface area contributed by atoms with Gasteiger partial charge in [0.1, 0.15) is 0 Å². The fourth-order valence-corrected chi connectivity index (χ4v) is 1.48. The Morgan fingerprint density at radius 2 is 2.06 bits per heavy atom. The molecule has 17 heavy (non-hydrogen) atoms. The summed E-state index contributed by atoms with van der Waals surface area (Å²) in [5.74, 6) is 1.26. The number of hydrogen-bond acceptors (Lipinski definition) is 4. The molecule has 0 bridgehead atoms. The highest BCUT2D eigenvalue weighted by Crippen LogP contribution is 2.23. The van der Waals surface area contributed by atoms with E-state index in [2.05, 4.69) is 30.9 Å². The highest BCUT2D eigenvalue weighted by Gasteiger charge is 2.21. The van der Waals surface area contributed by atoms with Crippen LogP contribution < -0.4 is 5.73 Å². The summed E-state index contributed by atoms with van der Waals surface area (Å²) in [7, 11) is 0. The van der Waals surface area contributed by atoms with Crippen LogP contribution in [0.1, 0.15) is 32.2 Å². The molecule has 0 saturated carbocycles. The first-order valence-electron chi connectivity index (χ1n) is 5.64. The summed E-state index contributed by atoms with van der Waals surface area (Å²) in [6, 6.07) is 7.84. The molecule has 0 aliphatic rings. The fourth-order valence-electron chi connectivity index (χ4n) is 1.48. The van der Waals surface area contributed by atoms with Crippen molar-refractivity contribution in [3.63, 3.8) is 0 Å². The van der Waals surface area contributed by atoms with E-state index >= 15 is 0 Å². The van der Waals surface area contributed by atoms with Gasteiger partial charge < -0.3 is 10.3 Å². The van der Waals surface area contributed by atoms with Crippen molar-refractivity contribution in [2.45, 2.75) is 32.7 Å². The van der Waals surface area contributed by atoms with Gasteiger partial charge in [0.05, 0.1) is 0 Å². The van der Waals surface area contributed by atoms with Gasteiger partial charge in [0.15, 0.2) is 5.82 Å². The number of rotatable bonds is 2. The largest absolute Gasteiger partial charge is 0.334 e. The molecule has 1 aromatic heterocycles. The number of aromatic nitrogens is 2. The molecule has 0 unspecified atom stereocenters. The molecular formula is C13H17N3O. The van der Waals surface area contributed by atoms with Crippen molar-refractivity contribution in [1.29, 1.82) is 0 Å². The van der Waals surface area contributed by atoms with Crippen molar-refractivity contribution in [3.8, 4) is 11.5 Å². The highest BCUT2D eigenvalue weighted by atomic mass is 16.5. The van der Waals surface area contributed by atoms with Crippen LogP contribution in [-0.4, -0.2) is 10.1 Å². The molecule has 0 amide bonds. The fraction of sp³-hybridized carbons (Fsp3) is 0.385. The smallest absolute Gasteiger partial charge is 0.257 e. The second kappa shape index (κ2) is 4.30. The van der Waals surface area contributed by atoms with Crippen LogP contribution in [0, 0.1) is 0 Å². The van der Waals surface area contributed by atoms with E-state index in [1.165, 1.54) is 0 Å². The van der Waals surface area contributed by atoms with E-state index in [0.717, 1.165) is 11.1 Å². The van der Waals surface area contributed by atoms with Gasteiger partial charge in [-0.3, -0.25) is 0 Å². The van der Waals surface area contributed by atoms with E-state index < -0.39 is 0 Å². The molecule has 0 radical (unpaired) electrons. The summed E-state index contributed by atoms with van der Waals surface area (Å²) in [5.41, 5.74) is 7.47. The number of nitrogens with two attached hydrogens (primary N) is 1. The molecule has 1 aromatic carbocycles. The van der Waals surface area contributed by atoms with Gasteiger partial charge in [-0.1, -0.05) is 38.1 Å². The van der Waals surface area contributed by atoms with Gasteiger partial charge in [0.2, 0.25) is 0 Å². The van der Waals surface area contributed by atoms with Crippen LogP contribution in [0.3, 0.4) is 0 Å². The lowest BCUT2D eigenvalue weighted by atomic mass is 9.96. The third-order valence-electron chi connectivity index (χ3n) is 2.51. The molecule has 1 heterocycles. The quantitative estimate of drug-likeness (QED) is 0.862. The average molecular weight is 231 g/mol. The summed E-state index contributed by atoms with van der Waals surface area (Å²) in [6.07, 6.45) is 0. The summed E-state index contributed by atoms with van der Waals surface area (Å²) in [5, 5.41) is 4.00. The van der Waals surface area contributed by atoms with Gasteiger partial charge in [-0.05, 0) is 17.7 Å². The summed E-state index contributed by atoms with van der Waals surface area (Å²) < 4.78 is 5.27. The summed E-state index contributed by atoms with van der Waals surface area (Å²) in [4.78, 5) is 4.41. The van der Waals surface area contributed by atoms with Crippen molar-refractivity contribution in [2.24, 2.45) is 5.73 Å². The van der Waals surface area contributed by atoms with Gasteiger partial charge >= 0.3 is 0 Å². The minimum Gasteiger partial charge on any atom is -0.334 e. The lowest BCUT2D eigenvalue weighted by Crippen LogP contribution is -2.13. The van der Waals surface area contributed by atoms with Crippen LogP contribution >= 0.6 is 0 Å². The first-order chi connectivity index (χ1) is 8.00. The zero-order chi connectivity index (χ0) is 12.5. The highest BCUT2D eigenvalue weighted by molar-refractivity contribution is 5.54. The topological polar surface area (TPSA) is 64.9 Å². The molecule has 0 aliphatic carbocycles. The lowest BCUT2D eigenvalue weighted by molar-refractivity contribution is 0.402. The van der Waals surface area contributed by atoms with Crippen molar-refractivity contribution >= 4 is 0 Å². The molecule has 90 valence electrons. The second-order valence-corrected chi connectivity index (χ2v) is 5.08. The van der Waals surface area contributed by atoms with E-state index in [9.17, 15) is 0 Å². The molecule has 0 atom stereocenters. The average Bonchev–Trinajstić information content (AvgIpc) is 2.78. The van der Waals surface area contributed by atoms with Crippen molar-refractivity contribution in [3.05, 3.63) is 35.7 Å². The van der Waals surface area contributed by atoms with Crippen LogP contribution in [0.4, 0.5) is 0 Å². The standard InChI is InChI=1S/C13H17N3O/c1-13(2,3)12-15-11(17-16-12)10-6-4-5-9(7-10)8-14/h4-7H,8,14H2,1-3H3. The van der Waals surface area contributed by atoms with Crippen LogP contribution in [0.5, 0.6) is 0 Å². The van der Waals surface area contributed by atoms with Crippen LogP contribution in [0.2, 0.25) is 0 Å². The molecular weight excluding hydrogens is 214 g/mol. The number of hydrogen-bond donors (Lipinski definition) is 1. The zero-order valence-corrected chi connectivity index (χ0v) is 10.4. The zero-order valence-electron chi connectivity index (χ0n) is 10.4. The Hall–Kier alpha value is -1.68. The maximum absolute atomic E-state index is 5.60. The predicted octanol–water partition coefficient (Wildman–Crippen LogP) is 2.49. The van der Waals surface area contributed by atoms with Crippen molar-refractivity contribution in [2.75, 3.05) is 0 Å². The SMILES string of the molecule is CC(C)(C)c1noc(-c2cccc(CN)c2)n1. The van der Waals surface area contributed by atoms with E-state index in [0.29, 0.717) is 18.3 Å². The van der Waals surface area contributed by atoms with Crippen LogP contribution in [0.15, 0.2) is 28.8 Å². The number of nitrogens with zero attached hydrogens (tertiary/aromatic N) is 2. The van der Waals surface area contributed by atoms with Gasteiger partial charge in [0, 0.05) is 17.5 Å². The molecule has 0 saturated heterocycles. The summed E-state index contributed by atoms with van der Waals surface area (Å²) in [6.45, 7) is 6.67. The van der Waals surface area contributed by atoms with E-state index in [1.54, 1.807) is 0 Å². The Morgan fingerprint density at radius 1 is 1.29 bits per heavy atom. The minimum atomic E-state index is -0.104. The monoisotopic (exact) mass is 231 g/mol. The maximum Gasteiger partial charge on any atom is 0.257 e. The Kier molecular flexibility index (Phi) is 2.98. The Morgan fingerprint density at radius 3 is 2.65 bits per heavy atom. The first kappa shape index (κ1) is 11.8. The van der Waals surface area contributed by atoms with Gasteiger partial charge in [-0.2, -0.15) is 4.98 Å². The van der Waals surface area contributed by atoms with E-state index in [-0.39, 0.29) is 5.41 Å². The van der Waals surface area contributed by atoms with Gasteiger partial charge in [-0.15, -0.1) is 0 Å².